The van der Waals surface area contributed by atoms with Gasteiger partial charge in [0.2, 0.25) is 5.65 Å². The number of hydrogen-bond donors (Lipinski definition) is 4. The third kappa shape index (κ3) is 3.12. The molecule has 3 aromatic rings. The maximum Gasteiger partial charge on any atom is 0.489 e. The van der Waals surface area contributed by atoms with E-state index in [0.29, 0.717) is 12.1 Å². The van der Waals surface area contributed by atoms with Gasteiger partial charge in [-0.2, -0.15) is 0 Å². The van der Waals surface area contributed by atoms with E-state index in [2.05, 4.69) is 20.5 Å². The number of aromatic nitrogens is 4. The summed E-state index contributed by atoms with van der Waals surface area (Å²) < 4.78 is 1.46. The van der Waals surface area contributed by atoms with Gasteiger partial charge in [-0.15, -0.1) is 10.2 Å². The largest absolute Gasteiger partial charge is 0.489 e. The highest BCUT2D eigenvalue weighted by molar-refractivity contribution is 6.60. The van der Waals surface area contributed by atoms with E-state index >= 15 is 0 Å². The van der Waals surface area contributed by atoms with E-state index in [4.69, 9.17) is 0 Å². The lowest BCUT2D eigenvalue weighted by atomic mass is 9.77. The molecule has 0 radical (unpaired) electrons. The van der Waals surface area contributed by atoms with Crippen LogP contribution in [-0.4, -0.2) is 48.9 Å². The van der Waals surface area contributed by atoms with Gasteiger partial charge >= 0.3 is 7.12 Å². The Morgan fingerprint density at radius 2 is 2.15 bits per heavy atom. The van der Waals surface area contributed by atoms with Crippen LogP contribution in [-0.2, 0) is 0 Å². The number of carbonyl (C=O) groups excluding carboxylic acids is 2. The Hall–Kier alpha value is -3.31. The lowest BCUT2D eigenvalue weighted by Crippen LogP contribution is -2.34. The molecule has 0 aliphatic carbocycles. The van der Waals surface area contributed by atoms with Crippen LogP contribution in [0.5, 0.6) is 0 Å². The van der Waals surface area contributed by atoms with Crippen molar-refractivity contribution in [2.24, 2.45) is 0 Å². The van der Waals surface area contributed by atoms with Crippen molar-refractivity contribution in [3.63, 3.8) is 0 Å². The molecule has 0 saturated heterocycles. The highest BCUT2D eigenvalue weighted by Gasteiger charge is 2.20. The molecule has 3 rings (SSSR count). The topological polar surface area (TPSA) is 150 Å². The minimum absolute atomic E-state index is 0.000218. The normalized spacial score (nSPS) is 12.0. The van der Waals surface area contributed by atoms with E-state index in [1.54, 1.807) is 13.1 Å². The molecular weight excluding hydrogens is 341 g/mol. The molecule has 2 aromatic heterocycles. The zero-order chi connectivity index (χ0) is 18.8. The molecule has 1 amide bonds. The number of aldehydes is 1. The first-order valence-corrected chi connectivity index (χ1v) is 7.61. The van der Waals surface area contributed by atoms with Crippen LogP contribution in [0, 0.1) is 0 Å². The zero-order valence-corrected chi connectivity index (χ0v) is 13.6. The Morgan fingerprint density at radius 1 is 1.38 bits per heavy atom. The average molecular weight is 355 g/mol. The zero-order valence-electron chi connectivity index (χ0n) is 13.6. The van der Waals surface area contributed by atoms with Crippen LogP contribution >= 0.6 is 0 Å². The van der Waals surface area contributed by atoms with Crippen LogP contribution in [0.1, 0.15) is 39.5 Å². The molecule has 1 aromatic carbocycles. The average Bonchev–Trinajstić information content (AvgIpc) is 3.06. The molecule has 4 N–H and O–H groups in total. The summed E-state index contributed by atoms with van der Waals surface area (Å²) in [6.45, 7) is 1.67. The number of carbonyl (C=O) groups is 2. The van der Waals surface area contributed by atoms with Crippen molar-refractivity contribution in [3.05, 3.63) is 57.9 Å². The number of hydrogen-bond acceptors (Lipinski definition) is 7. The van der Waals surface area contributed by atoms with Gasteiger partial charge in [0.15, 0.2) is 5.82 Å². The Balaban J connectivity index is 1.86. The van der Waals surface area contributed by atoms with Gasteiger partial charge in [0.25, 0.3) is 11.5 Å². The Bertz CT molecular complexity index is 1040. The van der Waals surface area contributed by atoms with E-state index in [0.717, 1.165) is 0 Å². The summed E-state index contributed by atoms with van der Waals surface area (Å²) >= 11 is 0. The summed E-state index contributed by atoms with van der Waals surface area (Å²) in [5, 5.41) is 28.8. The van der Waals surface area contributed by atoms with Crippen molar-refractivity contribution in [3.8, 4) is 0 Å². The van der Waals surface area contributed by atoms with Crippen molar-refractivity contribution >= 4 is 30.4 Å². The second-order valence-corrected chi connectivity index (χ2v) is 5.57. The fourth-order valence-electron chi connectivity index (χ4n) is 2.55. The first kappa shape index (κ1) is 17.5. The molecule has 0 fully saturated rings. The monoisotopic (exact) mass is 355 g/mol. The molecule has 0 aliphatic heterocycles. The van der Waals surface area contributed by atoms with Crippen LogP contribution in [0.2, 0.25) is 0 Å². The Morgan fingerprint density at radius 3 is 2.85 bits per heavy atom. The van der Waals surface area contributed by atoms with E-state index in [1.165, 1.54) is 28.8 Å². The maximum absolute atomic E-state index is 12.4. The summed E-state index contributed by atoms with van der Waals surface area (Å²) in [5.74, 6) is -0.140. The van der Waals surface area contributed by atoms with Crippen LogP contribution in [0.15, 0.2) is 35.4 Å². The third-order valence-corrected chi connectivity index (χ3v) is 3.85. The number of benzene rings is 1. The minimum Gasteiger partial charge on any atom is -0.423 e. The highest BCUT2D eigenvalue weighted by Crippen LogP contribution is 2.11. The fraction of sp³-hybridized carbons (Fsp3) is 0.133. The fourth-order valence-corrected chi connectivity index (χ4v) is 2.55. The summed E-state index contributed by atoms with van der Waals surface area (Å²) in [7, 11) is -1.81. The lowest BCUT2D eigenvalue weighted by Gasteiger charge is -2.13. The predicted molar refractivity (Wildman–Crippen MR) is 91.1 cm³/mol. The summed E-state index contributed by atoms with van der Waals surface area (Å²) in [6, 6.07) is 3.34. The number of aromatic amines is 1. The van der Waals surface area contributed by atoms with E-state index < -0.39 is 24.6 Å². The molecule has 2 heterocycles. The molecule has 132 valence electrons. The summed E-state index contributed by atoms with van der Waals surface area (Å²) in [6.07, 6.45) is 3.44. The van der Waals surface area contributed by atoms with E-state index in [1.807, 2.05) is 0 Å². The second kappa shape index (κ2) is 6.90. The van der Waals surface area contributed by atoms with Crippen LogP contribution in [0.25, 0.3) is 5.65 Å². The van der Waals surface area contributed by atoms with Crippen molar-refractivity contribution in [1.29, 1.82) is 0 Å². The number of nitrogens with one attached hydrogen (secondary N) is 2. The van der Waals surface area contributed by atoms with Crippen molar-refractivity contribution in [1.82, 2.24) is 24.9 Å². The summed E-state index contributed by atoms with van der Waals surface area (Å²) in [4.78, 5) is 37.7. The standard InChI is InChI=1S/C15H14BN5O5/c1-8(12-19-20-13-15(24)17-4-5-21(12)13)18-14(23)9-2-3-11(16(25)26)10(6-9)7-22/h2-8,25-26H,1H3,(H,17,24)(H,18,23). The molecule has 0 bridgehead atoms. The number of amides is 1. The smallest absolute Gasteiger partial charge is 0.423 e. The van der Waals surface area contributed by atoms with Crippen molar-refractivity contribution < 1.29 is 19.6 Å². The number of nitrogens with zero attached hydrogens (tertiary/aromatic N) is 3. The third-order valence-electron chi connectivity index (χ3n) is 3.85. The van der Waals surface area contributed by atoms with Gasteiger partial charge in [0, 0.05) is 23.5 Å². The molecule has 11 heteroatoms. The van der Waals surface area contributed by atoms with Crippen LogP contribution in [0.3, 0.4) is 0 Å². The van der Waals surface area contributed by atoms with Gasteiger partial charge in [0.05, 0.1) is 6.04 Å². The second-order valence-electron chi connectivity index (χ2n) is 5.57. The summed E-state index contributed by atoms with van der Waals surface area (Å²) in [5.41, 5.74) is -0.131. The molecule has 1 unspecified atom stereocenters. The first-order chi connectivity index (χ1) is 12.4. The van der Waals surface area contributed by atoms with Crippen molar-refractivity contribution in [2.75, 3.05) is 0 Å². The Kier molecular flexibility index (Phi) is 4.65. The van der Waals surface area contributed by atoms with Crippen molar-refractivity contribution in [2.45, 2.75) is 13.0 Å². The molecule has 0 aliphatic rings. The predicted octanol–water partition coefficient (Wildman–Crippen LogP) is -1.60. The van der Waals surface area contributed by atoms with E-state index in [9.17, 15) is 24.4 Å². The van der Waals surface area contributed by atoms with Gasteiger partial charge in [-0.1, -0.05) is 6.07 Å². The molecule has 10 nitrogen and oxygen atoms in total. The van der Waals surface area contributed by atoms with Gasteiger partial charge in [0.1, 0.15) is 6.29 Å². The molecule has 26 heavy (non-hydrogen) atoms. The lowest BCUT2D eigenvalue weighted by molar-refractivity contribution is 0.0938. The number of rotatable bonds is 5. The van der Waals surface area contributed by atoms with Crippen LogP contribution in [0.4, 0.5) is 0 Å². The maximum atomic E-state index is 12.4. The highest BCUT2D eigenvalue weighted by atomic mass is 16.4. The molecule has 1 atom stereocenters. The van der Waals surface area contributed by atoms with Gasteiger partial charge < -0.3 is 20.3 Å². The van der Waals surface area contributed by atoms with Gasteiger partial charge in [-0.25, -0.2) is 0 Å². The molecular formula is C15H14BN5O5. The van der Waals surface area contributed by atoms with Gasteiger partial charge in [-0.3, -0.25) is 18.8 Å². The molecule has 0 saturated carbocycles. The number of H-pyrrole nitrogens is 1. The quantitative estimate of drug-likeness (QED) is 0.318. The molecule has 0 spiro atoms. The SMILES string of the molecule is CC(NC(=O)c1ccc(B(O)O)c(C=O)c1)c1nnc2c(=O)[nH]ccn12. The first-order valence-electron chi connectivity index (χ1n) is 7.61. The van der Waals surface area contributed by atoms with Gasteiger partial charge in [-0.05, 0) is 24.5 Å². The number of fused-ring (bicyclic) bond motifs is 1. The Labute approximate surface area is 146 Å². The van der Waals surface area contributed by atoms with E-state index in [-0.39, 0.29) is 22.2 Å². The minimum atomic E-state index is -1.81. The van der Waals surface area contributed by atoms with Crippen LogP contribution < -0.4 is 16.3 Å².